The highest BCUT2D eigenvalue weighted by Gasteiger charge is 2.61. The number of nitrogens with one attached hydrogen (secondary N) is 3. The monoisotopic (exact) mass is 708 g/mol. The molecule has 13 nitrogen and oxygen atoms in total. The Morgan fingerprint density at radius 1 is 1.02 bits per heavy atom. The van der Waals surface area contributed by atoms with Gasteiger partial charge in [0, 0.05) is 23.2 Å². The van der Waals surface area contributed by atoms with Crippen molar-refractivity contribution < 1.29 is 33.8 Å². The van der Waals surface area contributed by atoms with Crippen molar-refractivity contribution >= 4 is 45.8 Å². The van der Waals surface area contributed by atoms with Crippen LogP contribution in [0.1, 0.15) is 65.7 Å². The number of aromatic amines is 1. The van der Waals surface area contributed by atoms with E-state index in [1.807, 2.05) is 66.7 Å². The summed E-state index contributed by atoms with van der Waals surface area (Å²) in [6.07, 6.45) is 6.05. The first-order valence-electron chi connectivity index (χ1n) is 17.9. The summed E-state index contributed by atoms with van der Waals surface area (Å²) in [4.78, 5) is 68.6. The molecule has 4 heterocycles. The number of hydrogen-bond acceptors (Lipinski definition) is 8. The predicted molar refractivity (Wildman–Crippen MR) is 193 cm³/mol. The van der Waals surface area contributed by atoms with Crippen LogP contribution < -0.4 is 15.4 Å². The Hall–Kier alpha value is -5.46. The van der Waals surface area contributed by atoms with E-state index in [2.05, 4.69) is 15.6 Å². The molecule has 7 rings (SSSR count). The maximum Gasteiger partial charge on any atom is 0.408 e. The highest BCUT2D eigenvalue weighted by Crippen LogP contribution is 2.45. The number of alkyl carbamates (subject to hydrolysis) is 1. The van der Waals surface area contributed by atoms with Crippen molar-refractivity contribution in [3.63, 3.8) is 0 Å². The summed E-state index contributed by atoms with van der Waals surface area (Å²) in [6, 6.07) is 15.2. The van der Waals surface area contributed by atoms with Crippen LogP contribution in [0.5, 0.6) is 5.88 Å². The highest BCUT2D eigenvalue weighted by atomic mass is 16.6. The van der Waals surface area contributed by atoms with Crippen LogP contribution in [-0.2, 0) is 19.1 Å². The Balaban J connectivity index is 1.23. The van der Waals surface area contributed by atoms with E-state index in [4.69, 9.17) is 19.4 Å². The van der Waals surface area contributed by atoms with Gasteiger partial charge >= 0.3 is 12.1 Å². The molecular weight excluding hydrogens is 664 g/mol. The maximum atomic E-state index is 14.4. The van der Waals surface area contributed by atoms with Crippen molar-refractivity contribution in [3.05, 3.63) is 66.7 Å². The van der Waals surface area contributed by atoms with Crippen molar-refractivity contribution in [3.8, 4) is 17.3 Å². The summed E-state index contributed by atoms with van der Waals surface area (Å²) >= 11 is 0. The van der Waals surface area contributed by atoms with E-state index in [1.54, 1.807) is 20.8 Å². The number of para-hydroxylation sites is 3. The lowest BCUT2D eigenvalue weighted by atomic mass is 10.0. The van der Waals surface area contributed by atoms with E-state index in [0.29, 0.717) is 35.3 Å². The number of ether oxygens (including phenoxy) is 2. The van der Waals surface area contributed by atoms with Crippen LogP contribution >= 0.6 is 0 Å². The highest BCUT2D eigenvalue weighted by molar-refractivity contribution is 5.96. The fourth-order valence-corrected chi connectivity index (χ4v) is 7.20. The second-order valence-electron chi connectivity index (χ2n) is 15.0. The van der Waals surface area contributed by atoms with Gasteiger partial charge in [0.1, 0.15) is 35.0 Å². The number of allylic oxidation sites excluding steroid dienone is 1. The van der Waals surface area contributed by atoms with Crippen LogP contribution in [0, 0.1) is 5.92 Å². The molecule has 1 saturated carbocycles. The van der Waals surface area contributed by atoms with Gasteiger partial charge < -0.3 is 35.1 Å². The summed E-state index contributed by atoms with van der Waals surface area (Å²) in [7, 11) is 0. The molecule has 2 fully saturated rings. The van der Waals surface area contributed by atoms with Gasteiger partial charge in [-0.15, -0.1) is 0 Å². The van der Waals surface area contributed by atoms with Crippen LogP contribution in [-0.4, -0.2) is 84.7 Å². The first-order valence-corrected chi connectivity index (χ1v) is 17.9. The minimum atomic E-state index is -1.46. The summed E-state index contributed by atoms with van der Waals surface area (Å²) in [5.74, 6) is -2.32. The molecule has 4 N–H and O–H groups in total. The molecule has 3 unspecified atom stereocenters. The van der Waals surface area contributed by atoms with Gasteiger partial charge in [0.25, 0.3) is 0 Å². The lowest BCUT2D eigenvalue weighted by Crippen LogP contribution is -2.56. The lowest BCUT2D eigenvalue weighted by Gasteiger charge is -2.30. The van der Waals surface area contributed by atoms with Gasteiger partial charge in [0.2, 0.25) is 17.7 Å². The second kappa shape index (κ2) is 13.9. The van der Waals surface area contributed by atoms with Gasteiger partial charge in [-0.05, 0) is 70.7 Å². The van der Waals surface area contributed by atoms with Crippen LogP contribution in [0.15, 0.2) is 66.7 Å². The normalized spacial score (nSPS) is 26.0. The van der Waals surface area contributed by atoms with Crippen molar-refractivity contribution in [2.75, 3.05) is 6.54 Å². The molecule has 4 aromatic rings. The molecule has 1 aliphatic carbocycles. The standard InChI is InChI=1S/C39H44N6O7/c1-38(2,3)52-37(50)43-29-18-8-6-4-5-7-14-24-21-39(24,36(48)49)44-33(46)31-20-25(22-45(31)35(29)47)51-34-32(41-27-16-11-12-17-28(27)42-34)30-19-23-13-9-10-15-26(23)40-30/h7,9-17,19,24-25,29,31,40H,4-6,8,18,20-22H2,1-3H3,(H,43,50)(H,44,46)(H,48,49)/b14-7-/t24?,25-,29+,31?,39?/m1/s1. The van der Waals surface area contributed by atoms with E-state index in [1.165, 1.54) is 4.90 Å². The molecule has 13 heteroatoms. The van der Waals surface area contributed by atoms with E-state index >= 15 is 0 Å². The molecule has 0 spiro atoms. The largest absolute Gasteiger partial charge is 0.479 e. The van der Waals surface area contributed by atoms with Crippen LogP contribution in [0.25, 0.3) is 33.3 Å². The molecule has 272 valence electrons. The van der Waals surface area contributed by atoms with Gasteiger partial charge in [-0.3, -0.25) is 9.59 Å². The summed E-state index contributed by atoms with van der Waals surface area (Å²) < 4.78 is 12.1. The second-order valence-corrected chi connectivity index (χ2v) is 15.0. The molecule has 2 aliphatic heterocycles. The Bertz CT molecular complexity index is 2020. The minimum absolute atomic E-state index is 0.00648. The number of amides is 3. The quantitative estimate of drug-likeness (QED) is 0.195. The van der Waals surface area contributed by atoms with Crippen molar-refractivity contribution in [2.45, 2.75) is 95.0 Å². The lowest BCUT2D eigenvalue weighted by molar-refractivity contribution is -0.145. The van der Waals surface area contributed by atoms with Gasteiger partial charge in [0.15, 0.2) is 0 Å². The fourth-order valence-electron chi connectivity index (χ4n) is 7.20. The number of hydrogen-bond donors (Lipinski definition) is 4. The van der Waals surface area contributed by atoms with Crippen molar-refractivity contribution in [1.29, 1.82) is 0 Å². The Kier molecular flexibility index (Phi) is 9.36. The third-order valence-electron chi connectivity index (χ3n) is 9.91. The molecule has 5 atom stereocenters. The Morgan fingerprint density at radius 3 is 2.52 bits per heavy atom. The summed E-state index contributed by atoms with van der Waals surface area (Å²) in [6.45, 7) is 5.21. The van der Waals surface area contributed by atoms with Crippen molar-refractivity contribution in [1.82, 2.24) is 30.5 Å². The molecule has 0 radical (unpaired) electrons. The average Bonchev–Trinajstić information content (AvgIpc) is 3.40. The fraction of sp³-hybridized carbons (Fsp3) is 0.436. The molecule has 52 heavy (non-hydrogen) atoms. The molecule has 1 saturated heterocycles. The molecular formula is C39H44N6O7. The molecule has 0 bridgehead atoms. The van der Waals surface area contributed by atoms with Crippen LogP contribution in [0.4, 0.5) is 4.79 Å². The number of carbonyl (C=O) groups excluding carboxylic acids is 3. The number of aromatic nitrogens is 3. The molecule has 3 aliphatic rings. The Labute approximate surface area is 301 Å². The first-order chi connectivity index (χ1) is 24.9. The van der Waals surface area contributed by atoms with Crippen LogP contribution in [0.3, 0.4) is 0 Å². The van der Waals surface area contributed by atoms with Gasteiger partial charge in [-0.2, -0.15) is 0 Å². The number of carboxylic acids is 1. The van der Waals surface area contributed by atoms with Gasteiger partial charge in [0.05, 0.1) is 23.3 Å². The number of H-pyrrole nitrogens is 1. The SMILES string of the molecule is CC(C)(C)OC(=O)N[C@H]1CCCCC/C=C\C2CC2(C(=O)O)NC(=O)C2C[C@@H](Oc3nc4ccccc4nc3-c3cc4ccccc4[nH]3)CN2C1=O. The summed E-state index contributed by atoms with van der Waals surface area (Å²) in [5.41, 5.74) is 1.10. The zero-order chi connectivity index (χ0) is 36.6. The van der Waals surface area contributed by atoms with E-state index in [0.717, 1.165) is 30.2 Å². The molecule has 2 aromatic carbocycles. The number of rotatable bonds is 5. The van der Waals surface area contributed by atoms with E-state index < -0.39 is 53.2 Å². The number of benzene rings is 2. The maximum absolute atomic E-state index is 14.4. The van der Waals surface area contributed by atoms with E-state index in [9.17, 15) is 24.3 Å². The zero-order valence-corrected chi connectivity index (χ0v) is 29.6. The number of carbonyl (C=O) groups is 4. The number of aliphatic carboxylic acids is 1. The minimum Gasteiger partial charge on any atom is -0.479 e. The number of fused-ring (bicyclic) bond motifs is 4. The number of carboxylic acid groups (broad SMARTS) is 1. The molecule has 3 amide bonds. The smallest absolute Gasteiger partial charge is 0.408 e. The average molecular weight is 709 g/mol. The number of nitrogens with zero attached hydrogens (tertiary/aromatic N) is 3. The van der Waals surface area contributed by atoms with E-state index in [-0.39, 0.29) is 31.2 Å². The third kappa shape index (κ3) is 7.30. The summed E-state index contributed by atoms with van der Waals surface area (Å²) in [5, 5.41) is 16.8. The third-order valence-corrected chi connectivity index (χ3v) is 9.91. The predicted octanol–water partition coefficient (Wildman–Crippen LogP) is 5.50. The Morgan fingerprint density at radius 2 is 1.77 bits per heavy atom. The zero-order valence-electron chi connectivity index (χ0n) is 29.6. The topological polar surface area (TPSA) is 176 Å². The van der Waals surface area contributed by atoms with Gasteiger partial charge in [-0.25, -0.2) is 19.6 Å². The van der Waals surface area contributed by atoms with Crippen LogP contribution in [0.2, 0.25) is 0 Å². The molecule has 2 aromatic heterocycles. The van der Waals surface area contributed by atoms with Gasteiger partial charge in [-0.1, -0.05) is 55.3 Å². The van der Waals surface area contributed by atoms with Crippen molar-refractivity contribution in [2.24, 2.45) is 5.92 Å². The first kappa shape index (κ1) is 35.0.